The molecular weight excluding hydrogens is 388 g/mol. The Morgan fingerprint density at radius 2 is 2.08 bits per heavy atom. The van der Waals surface area contributed by atoms with Gasteiger partial charge in [-0.3, -0.25) is 4.79 Å². The number of amides is 1. The lowest BCUT2D eigenvalue weighted by Gasteiger charge is -2.03. The number of nitrogens with zero attached hydrogens (tertiary/aromatic N) is 1. The molecule has 0 fully saturated rings. The summed E-state index contributed by atoms with van der Waals surface area (Å²) in [6.07, 6.45) is 1.27. The third-order valence-corrected chi connectivity index (χ3v) is 5.85. The van der Waals surface area contributed by atoms with Crippen molar-refractivity contribution in [3.05, 3.63) is 47.5 Å². The number of fused-ring (bicyclic) bond motifs is 1. The lowest BCUT2D eigenvalue weighted by molar-refractivity contribution is -0.116. The van der Waals surface area contributed by atoms with Gasteiger partial charge in [-0.2, -0.15) is 0 Å². The van der Waals surface area contributed by atoms with Crippen molar-refractivity contribution in [3.8, 4) is 5.75 Å². The van der Waals surface area contributed by atoms with E-state index in [2.05, 4.69) is 10.3 Å². The maximum absolute atomic E-state index is 12.2. The van der Waals surface area contributed by atoms with E-state index < -0.39 is 0 Å². The zero-order valence-corrected chi connectivity index (χ0v) is 16.7. The summed E-state index contributed by atoms with van der Waals surface area (Å²) >= 11 is 9.06. The minimum absolute atomic E-state index is 0.0151. The number of halogens is 1. The fourth-order valence-electron chi connectivity index (χ4n) is 2.38. The summed E-state index contributed by atoms with van der Waals surface area (Å²) in [6, 6.07) is 13.5. The number of carbonyl (C=O) groups excluding carboxylic acids is 1. The number of anilines is 1. The van der Waals surface area contributed by atoms with E-state index in [1.54, 1.807) is 11.8 Å². The van der Waals surface area contributed by atoms with Gasteiger partial charge in [-0.05, 0) is 55.5 Å². The number of hydrogen-bond donors (Lipinski definition) is 1. The molecule has 0 aliphatic rings. The van der Waals surface area contributed by atoms with Gasteiger partial charge >= 0.3 is 0 Å². The molecule has 0 aliphatic heterocycles. The summed E-state index contributed by atoms with van der Waals surface area (Å²) in [6.45, 7) is 2.53. The van der Waals surface area contributed by atoms with Crippen molar-refractivity contribution in [2.75, 3.05) is 17.7 Å². The third-order valence-electron chi connectivity index (χ3n) is 3.56. The summed E-state index contributed by atoms with van der Waals surface area (Å²) in [5.41, 5.74) is 0.799. The minimum atomic E-state index is -0.0151. The van der Waals surface area contributed by atoms with Crippen LogP contribution in [0.2, 0.25) is 5.02 Å². The molecule has 1 aromatic heterocycles. The van der Waals surface area contributed by atoms with Gasteiger partial charge < -0.3 is 10.1 Å². The Bertz CT molecular complexity index is 881. The van der Waals surface area contributed by atoms with Gasteiger partial charge in [0.15, 0.2) is 5.13 Å². The van der Waals surface area contributed by atoms with Crippen molar-refractivity contribution in [1.29, 1.82) is 0 Å². The van der Waals surface area contributed by atoms with Crippen LogP contribution in [0.3, 0.4) is 0 Å². The Morgan fingerprint density at radius 1 is 1.27 bits per heavy atom. The first-order valence-electron chi connectivity index (χ1n) is 8.36. The van der Waals surface area contributed by atoms with Crippen molar-refractivity contribution < 1.29 is 9.53 Å². The van der Waals surface area contributed by atoms with Gasteiger partial charge in [0.25, 0.3) is 0 Å². The number of thioether (sulfide) groups is 1. The summed E-state index contributed by atoms with van der Waals surface area (Å²) in [7, 11) is 0. The number of thiazole rings is 1. The second-order valence-corrected chi connectivity index (χ2v) is 8.14. The first-order valence-corrected chi connectivity index (χ1v) is 10.5. The Labute approximate surface area is 165 Å². The lowest BCUT2D eigenvalue weighted by Crippen LogP contribution is -2.11. The van der Waals surface area contributed by atoms with E-state index in [1.165, 1.54) is 11.3 Å². The number of para-hydroxylation sites is 1. The maximum atomic E-state index is 12.2. The number of benzene rings is 2. The van der Waals surface area contributed by atoms with E-state index >= 15 is 0 Å². The lowest BCUT2D eigenvalue weighted by atomic mass is 10.3. The molecule has 0 radical (unpaired) electrons. The molecule has 0 atom stereocenters. The highest BCUT2D eigenvalue weighted by Crippen LogP contribution is 2.32. The quantitative estimate of drug-likeness (QED) is 0.376. The van der Waals surface area contributed by atoms with Gasteiger partial charge in [0.05, 0.1) is 11.3 Å². The van der Waals surface area contributed by atoms with Crippen LogP contribution in [0, 0.1) is 0 Å². The molecule has 26 heavy (non-hydrogen) atoms. The van der Waals surface area contributed by atoms with E-state index in [9.17, 15) is 4.79 Å². The molecule has 1 N–H and O–H groups in total. The molecule has 4 nitrogen and oxygen atoms in total. The van der Waals surface area contributed by atoms with E-state index in [-0.39, 0.29) is 5.91 Å². The van der Waals surface area contributed by atoms with Crippen molar-refractivity contribution in [3.63, 3.8) is 0 Å². The molecule has 1 heterocycles. The average molecular weight is 407 g/mol. The predicted octanol–water partition coefficient (Wildman–Crippen LogP) is 5.86. The molecule has 136 valence electrons. The Hall–Kier alpha value is -1.76. The average Bonchev–Trinajstić information content (AvgIpc) is 3.04. The van der Waals surface area contributed by atoms with E-state index in [0.29, 0.717) is 18.2 Å². The molecule has 1 amide bonds. The van der Waals surface area contributed by atoms with E-state index in [4.69, 9.17) is 16.3 Å². The topological polar surface area (TPSA) is 51.2 Å². The maximum Gasteiger partial charge on any atom is 0.226 e. The highest BCUT2D eigenvalue weighted by atomic mass is 35.5. The summed E-state index contributed by atoms with van der Waals surface area (Å²) < 4.78 is 6.59. The van der Waals surface area contributed by atoms with Crippen LogP contribution in [0.25, 0.3) is 10.2 Å². The molecule has 0 unspecified atom stereocenters. The zero-order valence-electron chi connectivity index (χ0n) is 14.3. The molecule has 0 aliphatic carbocycles. The van der Waals surface area contributed by atoms with Crippen LogP contribution >= 0.6 is 34.7 Å². The Kier molecular flexibility index (Phi) is 6.77. The highest BCUT2D eigenvalue weighted by Gasteiger charge is 2.11. The van der Waals surface area contributed by atoms with Crippen molar-refractivity contribution in [1.82, 2.24) is 4.98 Å². The molecular formula is C19H19ClN2O2S2. The van der Waals surface area contributed by atoms with Gasteiger partial charge in [-0.1, -0.05) is 29.0 Å². The highest BCUT2D eigenvalue weighted by molar-refractivity contribution is 7.99. The number of ether oxygens (including phenoxy) is 1. The van der Waals surface area contributed by atoms with E-state index in [0.717, 1.165) is 38.1 Å². The predicted molar refractivity (Wildman–Crippen MR) is 111 cm³/mol. The number of hydrogen-bond acceptors (Lipinski definition) is 5. The van der Waals surface area contributed by atoms with Crippen LogP contribution in [0.1, 0.15) is 19.8 Å². The van der Waals surface area contributed by atoms with Crippen LogP contribution in [0.5, 0.6) is 5.75 Å². The first-order chi connectivity index (χ1) is 12.7. The normalized spacial score (nSPS) is 10.8. The van der Waals surface area contributed by atoms with Crippen molar-refractivity contribution >= 4 is 56.0 Å². The monoisotopic (exact) mass is 406 g/mol. The SMILES string of the molecule is CCOc1cccc2sc(NC(=O)CCCSc3ccc(Cl)cc3)nc12. The standard InChI is InChI=1S/C19H19ClN2O2S2/c1-2-24-15-5-3-6-16-18(15)22-19(26-16)21-17(23)7-4-12-25-14-10-8-13(20)9-11-14/h3,5-6,8-11H,2,4,7,12H2,1H3,(H,21,22,23). The van der Waals surface area contributed by atoms with Gasteiger partial charge in [-0.25, -0.2) is 4.98 Å². The first kappa shape index (κ1) is 19.0. The van der Waals surface area contributed by atoms with Crippen LogP contribution in [0.15, 0.2) is 47.4 Å². The molecule has 3 rings (SSSR count). The van der Waals surface area contributed by atoms with Gasteiger partial charge in [0.2, 0.25) is 5.91 Å². The molecule has 0 bridgehead atoms. The van der Waals surface area contributed by atoms with Crippen LogP contribution in [-0.2, 0) is 4.79 Å². The molecule has 7 heteroatoms. The minimum Gasteiger partial charge on any atom is -0.492 e. The second-order valence-electron chi connectivity index (χ2n) is 5.51. The molecule has 0 spiro atoms. The zero-order chi connectivity index (χ0) is 18.4. The fraction of sp³-hybridized carbons (Fsp3) is 0.263. The number of rotatable bonds is 8. The number of aromatic nitrogens is 1. The van der Waals surface area contributed by atoms with Gasteiger partial charge in [0, 0.05) is 16.3 Å². The largest absolute Gasteiger partial charge is 0.492 e. The third kappa shape index (κ3) is 5.13. The molecule has 3 aromatic rings. The van der Waals surface area contributed by atoms with Crippen LogP contribution in [-0.4, -0.2) is 23.3 Å². The van der Waals surface area contributed by atoms with Crippen LogP contribution < -0.4 is 10.1 Å². The van der Waals surface area contributed by atoms with Gasteiger partial charge in [0.1, 0.15) is 11.3 Å². The number of nitrogens with one attached hydrogen (secondary N) is 1. The molecule has 0 saturated heterocycles. The summed E-state index contributed by atoms with van der Waals surface area (Å²) in [4.78, 5) is 17.8. The van der Waals surface area contributed by atoms with E-state index in [1.807, 2.05) is 49.4 Å². The smallest absolute Gasteiger partial charge is 0.226 e. The summed E-state index contributed by atoms with van der Waals surface area (Å²) in [5.74, 6) is 1.61. The second kappa shape index (κ2) is 9.26. The Morgan fingerprint density at radius 3 is 2.85 bits per heavy atom. The Balaban J connectivity index is 1.49. The van der Waals surface area contributed by atoms with Crippen molar-refractivity contribution in [2.24, 2.45) is 0 Å². The fourth-order valence-corrected chi connectivity index (χ4v) is 4.26. The van der Waals surface area contributed by atoms with Gasteiger partial charge in [-0.15, -0.1) is 11.8 Å². The number of carbonyl (C=O) groups is 1. The summed E-state index contributed by atoms with van der Waals surface area (Å²) in [5, 5.41) is 4.24. The molecule has 2 aromatic carbocycles. The molecule has 0 saturated carbocycles. The van der Waals surface area contributed by atoms with Crippen molar-refractivity contribution in [2.45, 2.75) is 24.7 Å². The van der Waals surface area contributed by atoms with Crippen LogP contribution in [0.4, 0.5) is 5.13 Å².